The molecule has 3 N–H and O–H groups in total. The Kier molecular flexibility index (Phi) is 5.46. The number of amides is 1. The fourth-order valence-electron chi connectivity index (χ4n) is 1.81. The summed E-state index contributed by atoms with van der Waals surface area (Å²) in [5.41, 5.74) is 6.38. The van der Waals surface area contributed by atoms with Crippen LogP contribution in [0.15, 0.2) is 12.1 Å². The number of anilines is 1. The van der Waals surface area contributed by atoms with E-state index in [9.17, 15) is 9.18 Å². The minimum atomic E-state index is -0.505. The molecule has 0 aliphatic carbocycles. The number of nitrogens with zero attached hydrogens (tertiary/aromatic N) is 1. The predicted molar refractivity (Wildman–Crippen MR) is 71.9 cm³/mol. The van der Waals surface area contributed by atoms with Gasteiger partial charge in [-0.2, -0.15) is 5.26 Å². The Morgan fingerprint density at radius 1 is 1.58 bits per heavy atom. The van der Waals surface area contributed by atoms with Crippen LogP contribution in [0, 0.1) is 30.0 Å². The van der Waals surface area contributed by atoms with Gasteiger partial charge in [-0.25, -0.2) is 4.39 Å². The van der Waals surface area contributed by atoms with E-state index in [1.54, 1.807) is 6.92 Å². The van der Waals surface area contributed by atoms with Crippen molar-refractivity contribution >= 4 is 11.6 Å². The molecule has 1 unspecified atom stereocenters. The fourth-order valence-corrected chi connectivity index (χ4v) is 1.81. The normalized spacial score (nSPS) is 11.7. The third kappa shape index (κ3) is 3.76. The zero-order valence-electron chi connectivity index (χ0n) is 11.2. The predicted octanol–water partition coefficient (Wildman–Crippen LogP) is 2.32. The highest BCUT2D eigenvalue weighted by atomic mass is 19.1. The molecule has 0 saturated heterocycles. The van der Waals surface area contributed by atoms with Gasteiger partial charge in [0.2, 0.25) is 5.91 Å². The van der Waals surface area contributed by atoms with Gasteiger partial charge in [0.05, 0.1) is 17.6 Å². The zero-order valence-corrected chi connectivity index (χ0v) is 11.2. The van der Waals surface area contributed by atoms with Crippen LogP contribution >= 0.6 is 0 Å². The van der Waals surface area contributed by atoms with Crippen molar-refractivity contribution < 1.29 is 9.18 Å². The van der Waals surface area contributed by atoms with Crippen LogP contribution in [0.3, 0.4) is 0 Å². The highest BCUT2D eigenvalue weighted by Gasteiger charge is 2.17. The lowest BCUT2D eigenvalue weighted by molar-refractivity contribution is -0.119. The van der Waals surface area contributed by atoms with Crippen LogP contribution in [0.4, 0.5) is 10.1 Å². The van der Waals surface area contributed by atoms with E-state index in [1.165, 1.54) is 6.07 Å². The summed E-state index contributed by atoms with van der Waals surface area (Å²) in [5, 5.41) is 11.5. The number of rotatable bonds is 5. The maximum atomic E-state index is 13.6. The highest BCUT2D eigenvalue weighted by molar-refractivity contribution is 5.93. The topological polar surface area (TPSA) is 78.9 Å². The molecular weight excluding hydrogens is 245 g/mol. The molecule has 1 aromatic rings. The van der Waals surface area contributed by atoms with Crippen molar-refractivity contribution in [2.45, 2.75) is 26.7 Å². The Morgan fingerprint density at radius 2 is 2.26 bits per heavy atom. The number of nitriles is 1. The van der Waals surface area contributed by atoms with E-state index in [2.05, 4.69) is 5.32 Å². The van der Waals surface area contributed by atoms with Crippen molar-refractivity contribution in [3.8, 4) is 6.07 Å². The summed E-state index contributed by atoms with van der Waals surface area (Å²) in [7, 11) is 0. The first-order chi connectivity index (χ1) is 9.03. The Morgan fingerprint density at radius 3 is 2.79 bits per heavy atom. The van der Waals surface area contributed by atoms with Crippen LogP contribution in [0.2, 0.25) is 0 Å². The number of carbonyl (C=O) groups excluding carboxylic acids is 1. The standard InChI is InChI=1S/C14H18FN3O/c1-3-4-11(8-17)14(19)18-13-6-10(7-16)5-12(15)9(13)2/h5-6,11H,3-4,8,17H2,1-2H3,(H,18,19). The summed E-state index contributed by atoms with van der Waals surface area (Å²) in [5.74, 6) is -1.03. The van der Waals surface area contributed by atoms with E-state index < -0.39 is 5.82 Å². The number of hydrogen-bond acceptors (Lipinski definition) is 3. The quantitative estimate of drug-likeness (QED) is 0.855. The van der Waals surface area contributed by atoms with Gasteiger partial charge in [0.25, 0.3) is 0 Å². The van der Waals surface area contributed by atoms with Gasteiger partial charge in [-0.1, -0.05) is 13.3 Å². The highest BCUT2D eigenvalue weighted by Crippen LogP contribution is 2.21. The smallest absolute Gasteiger partial charge is 0.228 e. The molecule has 102 valence electrons. The molecule has 1 rings (SSSR count). The van der Waals surface area contributed by atoms with Crippen LogP contribution in [-0.2, 0) is 4.79 Å². The van der Waals surface area contributed by atoms with Crippen LogP contribution in [0.25, 0.3) is 0 Å². The second-order valence-electron chi connectivity index (χ2n) is 4.45. The SMILES string of the molecule is CCCC(CN)C(=O)Nc1cc(C#N)cc(F)c1C. The summed E-state index contributed by atoms with van der Waals surface area (Å²) >= 11 is 0. The summed E-state index contributed by atoms with van der Waals surface area (Å²) in [6.07, 6.45) is 1.53. The lowest BCUT2D eigenvalue weighted by Crippen LogP contribution is -2.29. The maximum Gasteiger partial charge on any atom is 0.228 e. The van der Waals surface area contributed by atoms with Crippen molar-refractivity contribution in [2.75, 3.05) is 11.9 Å². The van der Waals surface area contributed by atoms with Crippen molar-refractivity contribution in [3.63, 3.8) is 0 Å². The van der Waals surface area contributed by atoms with Crippen molar-refractivity contribution in [2.24, 2.45) is 11.7 Å². The van der Waals surface area contributed by atoms with Gasteiger partial charge >= 0.3 is 0 Å². The molecule has 1 amide bonds. The molecule has 1 aromatic carbocycles. The molecule has 19 heavy (non-hydrogen) atoms. The molecule has 4 nitrogen and oxygen atoms in total. The van der Waals surface area contributed by atoms with E-state index in [1.807, 2.05) is 13.0 Å². The molecule has 0 radical (unpaired) electrons. The summed E-state index contributed by atoms with van der Waals surface area (Å²) in [6.45, 7) is 3.78. The Labute approximate surface area is 112 Å². The second kappa shape index (κ2) is 6.86. The van der Waals surface area contributed by atoms with Crippen molar-refractivity contribution in [1.82, 2.24) is 0 Å². The van der Waals surface area contributed by atoms with Gasteiger partial charge in [-0.15, -0.1) is 0 Å². The number of benzene rings is 1. The second-order valence-corrected chi connectivity index (χ2v) is 4.45. The summed E-state index contributed by atoms with van der Waals surface area (Å²) < 4.78 is 13.6. The third-order valence-corrected chi connectivity index (χ3v) is 3.02. The van der Waals surface area contributed by atoms with E-state index in [0.29, 0.717) is 17.7 Å². The van der Waals surface area contributed by atoms with Crippen molar-refractivity contribution in [3.05, 3.63) is 29.1 Å². The average Bonchev–Trinajstić information content (AvgIpc) is 2.40. The van der Waals surface area contributed by atoms with Gasteiger partial charge in [0.1, 0.15) is 5.82 Å². The fraction of sp³-hybridized carbons (Fsp3) is 0.429. The number of hydrogen-bond donors (Lipinski definition) is 2. The molecule has 0 bridgehead atoms. The molecule has 0 aliphatic rings. The molecule has 0 saturated carbocycles. The maximum absolute atomic E-state index is 13.6. The molecule has 0 heterocycles. The summed E-state index contributed by atoms with van der Waals surface area (Å²) in [4.78, 5) is 12.0. The van der Waals surface area contributed by atoms with Crippen LogP contribution < -0.4 is 11.1 Å². The Bertz CT molecular complexity index is 508. The minimum absolute atomic E-state index is 0.179. The van der Waals surface area contributed by atoms with Gasteiger partial charge in [-0.05, 0) is 25.5 Å². The van der Waals surface area contributed by atoms with Gasteiger partial charge in [-0.3, -0.25) is 4.79 Å². The lowest BCUT2D eigenvalue weighted by atomic mass is 10.0. The largest absolute Gasteiger partial charge is 0.330 e. The number of carbonyl (C=O) groups is 1. The van der Waals surface area contributed by atoms with Gasteiger partial charge < -0.3 is 11.1 Å². The molecule has 0 fully saturated rings. The first kappa shape index (κ1) is 15.1. The zero-order chi connectivity index (χ0) is 14.4. The van der Waals surface area contributed by atoms with Crippen molar-refractivity contribution in [1.29, 1.82) is 5.26 Å². The number of halogens is 1. The first-order valence-corrected chi connectivity index (χ1v) is 6.24. The van der Waals surface area contributed by atoms with Crippen LogP contribution in [0.5, 0.6) is 0 Å². The minimum Gasteiger partial charge on any atom is -0.330 e. The first-order valence-electron chi connectivity index (χ1n) is 6.24. The number of nitrogens with one attached hydrogen (secondary N) is 1. The third-order valence-electron chi connectivity index (χ3n) is 3.02. The number of nitrogens with two attached hydrogens (primary N) is 1. The van der Waals surface area contributed by atoms with Crippen LogP contribution in [0.1, 0.15) is 30.9 Å². The Balaban J connectivity index is 2.96. The molecule has 0 aliphatic heterocycles. The molecule has 0 spiro atoms. The van der Waals surface area contributed by atoms with E-state index in [-0.39, 0.29) is 23.9 Å². The Hall–Kier alpha value is -1.93. The molecular formula is C14H18FN3O. The average molecular weight is 263 g/mol. The van der Waals surface area contributed by atoms with Gasteiger partial charge in [0.15, 0.2) is 0 Å². The molecule has 5 heteroatoms. The van der Waals surface area contributed by atoms with E-state index >= 15 is 0 Å². The molecule has 1 atom stereocenters. The van der Waals surface area contributed by atoms with Gasteiger partial charge in [0, 0.05) is 17.8 Å². The monoisotopic (exact) mass is 263 g/mol. The van der Waals surface area contributed by atoms with E-state index in [0.717, 1.165) is 12.5 Å². The lowest BCUT2D eigenvalue weighted by Gasteiger charge is -2.15. The summed E-state index contributed by atoms with van der Waals surface area (Å²) in [6, 6.07) is 4.48. The molecule has 0 aromatic heterocycles. The van der Waals surface area contributed by atoms with Crippen LogP contribution in [-0.4, -0.2) is 12.5 Å². The van der Waals surface area contributed by atoms with E-state index in [4.69, 9.17) is 11.0 Å².